The molecule has 0 aliphatic rings. The molecule has 0 saturated heterocycles. The Bertz CT molecular complexity index is 409. The molecule has 1 atom stereocenters. The van der Waals surface area contributed by atoms with Gasteiger partial charge < -0.3 is 15.4 Å². The monoisotopic (exact) mass is 280 g/mol. The fourth-order valence-corrected chi connectivity index (χ4v) is 2.03. The summed E-state index contributed by atoms with van der Waals surface area (Å²) >= 11 is 0. The van der Waals surface area contributed by atoms with Crippen LogP contribution in [0.15, 0.2) is 0 Å². The molecule has 0 saturated carbocycles. The number of aromatic nitrogens is 2. The van der Waals surface area contributed by atoms with E-state index < -0.39 is 0 Å². The van der Waals surface area contributed by atoms with Gasteiger partial charge in [0.25, 0.3) is 0 Å². The molecule has 2 N–H and O–H groups in total. The molecule has 1 aromatic rings. The van der Waals surface area contributed by atoms with E-state index in [9.17, 15) is 0 Å². The third-order valence-corrected chi connectivity index (χ3v) is 3.21. The highest BCUT2D eigenvalue weighted by molar-refractivity contribution is 5.57. The van der Waals surface area contributed by atoms with Crippen molar-refractivity contribution in [3.8, 4) is 0 Å². The molecule has 0 fully saturated rings. The van der Waals surface area contributed by atoms with Gasteiger partial charge in [-0.1, -0.05) is 13.8 Å². The molecule has 20 heavy (non-hydrogen) atoms. The number of hydrogen-bond donors (Lipinski definition) is 2. The summed E-state index contributed by atoms with van der Waals surface area (Å²) in [6.07, 6.45) is 2.94. The molecular weight excluding hydrogens is 252 g/mol. The lowest BCUT2D eigenvalue weighted by Gasteiger charge is -2.20. The molecule has 114 valence electrons. The zero-order valence-corrected chi connectivity index (χ0v) is 13.4. The molecule has 1 heterocycles. The zero-order chi connectivity index (χ0) is 15.0. The van der Waals surface area contributed by atoms with Crippen molar-refractivity contribution in [3.05, 3.63) is 11.4 Å². The maximum atomic E-state index is 5.24. The van der Waals surface area contributed by atoms with Crippen molar-refractivity contribution >= 4 is 11.6 Å². The van der Waals surface area contributed by atoms with E-state index in [4.69, 9.17) is 4.74 Å². The summed E-state index contributed by atoms with van der Waals surface area (Å²) in [6, 6.07) is 0.276. The van der Waals surface area contributed by atoms with Gasteiger partial charge >= 0.3 is 0 Å². The molecule has 5 nitrogen and oxygen atoms in total. The summed E-state index contributed by atoms with van der Waals surface area (Å²) in [6.45, 7) is 9.95. The van der Waals surface area contributed by atoms with Gasteiger partial charge in [0.1, 0.15) is 17.5 Å². The number of anilines is 2. The maximum Gasteiger partial charge on any atom is 0.135 e. The van der Waals surface area contributed by atoms with Crippen LogP contribution in [0, 0.1) is 6.92 Å². The van der Waals surface area contributed by atoms with Crippen LogP contribution in [0.2, 0.25) is 0 Å². The summed E-state index contributed by atoms with van der Waals surface area (Å²) in [4.78, 5) is 9.26. The summed E-state index contributed by atoms with van der Waals surface area (Å²) in [7, 11) is 1.73. The molecule has 5 heteroatoms. The second kappa shape index (κ2) is 8.74. The largest absolute Gasteiger partial charge is 0.383 e. The van der Waals surface area contributed by atoms with Crippen LogP contribution >= 0.6 is 0 Å². The van der Waals surface area contributed by atoms with Gasteiger partial charge in [0.15, 0.2) is 0 Å². The standard InChI is InChI=1S/C15H28N4O/c1-6-9-13-18-14(16-8-3)11(4)15(19-13)17-12(7-2)10-20-5/h12H,6-10H2,1-5H3,(H2,16,17,18,19). The van der Waals surface area contributed by atoms with Crippen molar-refractivity contribution in [3.63, 3.8) is 0 Å². The molecule has 0 aliphatic heterocycles. The van der Waals surface area contributed by atoms with Crippen molar-refractivity contribution < 1.29 is 4.74 Å². The molecule has 1 rings (SSSR count). The second-order valence-electron chi connectivity index (χ2n) is 4.95. The highest BCUT2D eigenvalue weighted by Crippen LogP contribution is 2.21. The van der Waals surface area contributed by atoms with Gasteiger partial charge in [-0.3, -0.25) is 0 Å². The topological polar surface area (TPSA) is 59.1 Å². The Morgan fingerprint density at radius 1 is 1.15 bits per heavy atom. The van der Waals surface area contributed by atoms with Crippen LogP contribution in [0.1, 0.15) is 45.0 Å². The fraction of sp³-hybridized carbons (Fsp3) is 0.733. The normalized spacial score (nSPS) is 12.2. The summed E-state index contributed by atoms with van der Waals surface area (Å²) < 4.78 is 5.24. The van der Waals surface area contributed by atoms with E-state index >= 15 is 0 Å². The number of aryl methyl sites for hydroxylation is 1. The second-order valence-corrected chi connectivity index (χ2v) is 4.95. The predicted molar refractivity (Wildman–Crippen MR) is 84.5 cm³/mol. The summed E-state index contributed by atoms with van der Waals surface area (Å²) in [5.74, 6) is 2.74. The Hall–Kier alpha value is -1.36. The number of nitrogens with zero attached hydrogens (tertiary/aromatic N) is 2. The Morgan fingerprint density at radius 3 is 2.40 bits per heavy atom. The third-order valence-electron chi connectivity index (χ3n) is 3.21. The lowest BCUT2D eigenvalue weighted by molar-refractivity contribution is 0.184. The molecule has 0 aromatic carbocycles. The van der Waals surface area contributed by atoms with Crippen molar-refractivity contribution in [2.75, 3.05) is 30.9 Å². The van der Waals surface area contributed by atoms with Crippen molar-refractivity contribution in [1.29, 1.82) is 0 Å². The number of rotatable bonds is 9. The molecule has 0 amide bonds. The SMILES string of the molecule is CCCc1nc(NCC)c(C)c(NC(CC)COC)n1. The van der Waals surface area contributed by atoms with Crippen molar-refractivity contribution in [2.24, 2.45) is 0 Å². The van der Waals surface area contributed by atoms with Crippen LogP contribution in [0.3, 0.4) is 0 Å². The zero-order valence-electron chi connectivity index (χ0n) is 13.4. The van der Waals surface area contributed by atoms with Crippen LogP contribution in [-0.4, -0.2) is 36.3 Å². The summed E-state index contributed by atoms with van der Waals surface area (Å²) in [5.41, 5.74) is 1.07. The molecule has 0 spiro atoms. The molecule has 1 aromatic heterocycles. The molecule has 1 unspecified atom stereocenters. The molecular formula is C15H28N4O. The Labute approximate surface area is 122 Å². The maximum absolute atomic E-state index is 5.24. The van der Waals surface area contributed by atoms with Gasteiger partial charge in [-0.15, -0.1) is 0 Å². The van der Waals surface area contributed by atoms with E-state index in [0.717, 1.165) is 48.8 Å². The lowest BCUT2D eigenvalue weighted by Crippen LogP contribution is -2.25. The Kier molecular flexibility index (Phi) is 7.30. The average Bonchev–Trinajstić information content (AvgIpc) is 2.43. The van der Waals surface area contributed by atoms with Gasteiger partial charge in [-0.2, -0.15) is 0 Å². The van der Waals surface area contributed by atoms with Crippen LogP contribution < -0.4 is 10.6 Å². The Balaban J connectivity index is 3.02. The average molecular weight is 280 g/mol. The number of ether oxygens (including phenoxy) is 1. The first-order chi connectivity index (χ1) is 9.65. The minimum Gasteiger partial charge on any atom is -0.383 e. The third kappa shape index (κ3) is 4.63. The van der Waals surface area contributed by atoms with Crippen LogP contribution in [-0.2, 0) is 11.2 Å². The van der Waals surface area contributed by atoms with E-state index in [2.05, 4.69) is 48.3 Å². The molecule has 0 bridgehead atoms. The Morgan fingerprint density at radius 2 is 1.85 bits per heavy atom. The van der Waals surface area contributed by atoms with E-state index in [1.54, 1.807) is 7.11 Å². The van der Waals surface area contributed by atoms with E-state index in [1.165, 1.54) is 0 Å². The quantitative estimate of drug-likeness (QED) is 0.728. The number of hydrogen-bond acceptors (Lipinski definition) is 5. The first-order valence-electron chi connectivity index (χ1n) is 7.52. The molecule has 0 radical (unpaired) electrons. The van der Waals surface area contributed by atoms with Crippen LogP contribution in [0.25, 0.3) is 0 Å². The lowest BCUT2D eigenvalue weighted by atomic mass is 10.2. The van der Waals surface area contributed by atoms with Crippen LogP contribution in [0.5, 0.6) is 0 Å². The minimum absolute atomic E-state index is 0.276. The fourth-order valence-electron chi connectivity index (χ4n) is 2.03. The van der Waals surface area contributed by atoms with Crippen molar-refractivity contribution in [1.82, 2.24) is 9.97 Å². The number of methoxy groups -OCH3 is 1. The predicted octanol–water partition coefficient (Wildman–Crippen LogP) is 3.01. The van der Waals surface area contributed by atoms with Gasteiger partial charge in [-0.05, 0) is 26.7 Å². The first-order valence-corrected chi connectivity index (χ1v) is 7.52. The van der Waals surface area contributed by atoms with E-state index in [-0.39, 0.29) is 6.04 Å². The highest BCUT2D eigenvalue weighted by Gasteiger charge is 2.13. The van der Waals surface area contributed by atoms with Crippen LogP contribution in [0.4, 0.5) is 11.6 Å². The van der Waals surface area contributed by atoms with Crippen molar-refractivity contribution in [2.45, 2.75) is 53.0 Å². The molecule has 0 aliphatic carbocycles. The van der Waals surface area contributed by atoms with Gasteiger partial charge in [-0.25, -0.2) is 9.97 Å². The highest BCUT2D eigenvalue weighted by atomic mass is 16.5. The first kappa shape index (κ1) is 16.7. The summed E-state index contributed by atoms with van der Waals surface area (Å²) in [5, 5.41) is 6.80. The number of nitrogens with one attached hydrogen (secondary N) is 2. The minimum atomic E-state index is 0.276. The van der Waals surface area contributed by atoms with Gasteiger partial charge in [0.2, 0.25) is 0 Å². The smallest absolute Gasteiger partial charge is 0.135 e. The van der Waals surface area contributed by atoms with Gasteiger partial charge in [0, 0.05) is 25.6 Å². The van der Waals surface area contributed by atoms with E-state index in [0.29, 0.717) is 6.61 Å². The van der Waals surface area contributed by atoms with E-state index in [1.807, 2.05) is 0 Å². The van der Waals surface area contributed by atoms with Gasteiger partial charge in [0.05, 0.1) is 12.6 Å².